The van der Waals surface area contributed by atoms with E-state index in [1.165, 1.54) is 0 Å². The van der Waals surface area contributed by atoms with Gasteiger partial charge in [-0.05, 0) is 153 Å². The maximum atomic E-state index is 16.0. The number of ether oxygens (including phenoxy) is 6. The van der Waals surface area contributed by atoms with Crippen LogP contribution in [0.1, 0.15) is 96.4 Å². The van der Waals surface area contributed by atoms with Gasteiger partial charge in [0.1, 0.15) is 40.3 Å². The molecule has 0 spiro atoms. The summed E-state index contributed by atoms with van der Waals surface area (Å²) in [7, 11) is -4.29. The van der Waals surface area contributed by atoms with Gasteiger partial charge in [0, 0.05) is 70.2 Å². The molecule has 0 saturated carbocycles. The van der Waals surface area contributed by atoms with Crippen molar-refractivity contribution < 1.29 is 42.0 Å². The monoisotopic (exact) mass is 964 g/mol. The van der Waals surface area contributed by atoms with Crippen LogP contribution in [0.4, 0.5) is 0 Å². The smallest absolute Gasteiger partial charge is 0.462 e. The zero-order valence-electron chi connectivity index (χ0n) is 39.4. The van der Waals surface area contributed by atoms with Gasteiger partial charge in [0.2, 0.25) is 13.6 Å². The fourth-order valence-electron chi connectivity index (χ4n) is 11.6. The Morgan fingerprint density at radius 1 is 0.451 bits per heavy atom. The van der Waals surface area contributed by atoms with Crippen LogP contribution in [0.3, 0.4) is 0 Å². The minimum atomic E-state index is -4.29. The van der Waals surface area contributed by atoms with Crippen molar-refractivity contribution in [3.05, 3.63) is 219 Å². The highest BCUT2D eigenvalue weighted by atomic mass is 31.2. The molecular weight excluding hydrogens is 916 g/mol. The molecular formula is C57H49N4O9P. The quantitative estimate of drug-likeness (QED) is 0.118. The van der Waals surface area contributed by atoms with Crippen molar-refractivity contribution >= 4 is 12.9 Å². The molecule has 4 aromatic heterocycles. The van der Waals surface area contributed by atoms with E-state index in [-0.39, 0.29) is 31.9 Å². The molecule has 14 heteroatoms. The third kappa shape index (κ3) is 6.25. The summed E-state index contributed by atoms with van der Waals surface area (Å²) >= 11 is 0. The average molecular weight is 965 g/mol. The summed E-state index contributed by atoms with van der Waals surface area (Å²) in [5.74, 6) is 3.09. The van der Waals surface area contributed by atoms with Crippen LogP contribution in [-0.4, -0.2) is 46.4 Å². The number of nitrogens with one attached hydrogen (secondary N) is 4. The lowest BCUT2D eigenvalue weighted by Gasteiger charge is -2.36. The van der Waals surface area contributed by atoms with Crippen molar-refractivity contribution in [1.82, 2.24) is 19.9 Å². The lowest BCUT2D eigenvalue weighted by molar-refractivity contribution is -0.0274. The molecule has 356 valence electrons. The van der Waals surface area contributed by atoms with E-state index in [4.69, 9.17) is 37.5 Å². The Morgan fingerprint density at radius 3 is 1.28 bits per heavy atom. The first-order valence-electron chi connectivity index (χ1n) is 23.9. The standard InChI is InChI=1S/C57H49N4O9P/c1-54-33-18-37-26-39(20-33)65-31-67-41-22-35-24-43(28-41)69-71(62,45-8-6-5-7-9-45)70-44-25-36-23-42(29-44)68-32-66-40-21-34(19-38(27-40)64-30-63-37)55(2,47-11-10-46(54)58-47)49-13-15-51(60-49)57(36,4)53-17-16-52(61-53)56(35,3)50-14-12-48(54)59-50/h5-26,28-29,38,58-61H,27,30-32H2,1-4H3/t38?,54-,55+,56-,57+,71?/m1/s1. The van der Waals surface area contributed by atoms with Gasteiger partial charge in [-0.25, -0.2) is 4.57 Å². The molecule has 4 aromatic carbocycles. The Kier molecular flexibility index (Phi) is 8.85. The zero-order valence-corrected chi connectivity index (χ0v) is 40.3. The summed E-state index contributed by atoms with van der Waals surface area (Å²) in [6, 6.07) is 43.5. The van der Waals surface area contributed by atoms with Crippen LogP contribution in [0.2, 0.25) is 0 Å². The fraction of sp³-hybridized carbons (Fsp3) is 0.228. The summed E-state index contributed by atoms with van der Waals surface area (Å²) in [4.78, 5) is 16.1. The second-order valence-electron chi connectivity index (χ2n) is 20.0. The minimum absolute atomic E-state index is 0.0557. The highest BCUT2D eigenvalue weighted by Crippen LogP contribution is 2.54. The Bertz CT molecular complexity index is 3590. The topological polar surface area (TPSA) is 154 Å². The molecule has 1 aliphatic carbocycles. The SMILES string of the molecule is C[C@@]12C3=CC4CC(=C3)OCOc3cc5cc(c3)[C@@](C)(c3ccc1[nH]3)c1ccc([nH]1)[C@]1(C)c3cc(cc(c3)OP(=O)(c3ccccc3)O5)OCOc3cc(cc(c3)[C@](C)(c3ccc2[nH]3)c2ccc1[nH]2)OCO4. The number of hydrogen-bond donors (Lipinski definition) is 4. The van der Waals surface area contributed by atoms with E-state index in [2.05, 4.69) is 114 Å². The van der Waals surface area contributed by atoms with Crippen molar-refractivity contribution in [3.63, 3.8) is 0 Å². The number of fused-ring (bicyclic) bond motifs is 14. The first kappa shape index (κ1) is 42.2. The molecule has 2 unspecified atom stereocenters. The molecule has 24 bridgehead atoms. The van der Waals surface area contributed by atoms with E-state index in [0.717, 1.165) is 67.8 Å². The number of allylic oxidation sites excluding steroid dienone is 2. The summed E-state index contributed by atoms with van der Waals surface area (Å²) in [6.45, 7) is 8.41. The van der Waals surface area contributed by atoms with Crippen molar-refractivity contribution in [1.29, 1.82) is 0 Å². The molecule has 0 amide bonds. The number of aromatic nitrogens is 4. The Morgan fingerprint density at radius 2 is 0.831 bits per heavy atom. The van der Waals surface area contributed by atoms with E-state index in [0.29, 0.717) is 40.5 Å². The Balaban J connectivity index is 1.16. The summed E-state index contributed by atoms with van der Waals surface area (Å²) in [6.07, 6.45) is 4.24. The van der Waals surface area contributed by atoms with Crippen LogP contribution in [0, 0.1) is 0 Å². The van der Waals surface area contributed by atoms with Crippen LogP contribution in [-0.2, 0) is 35.7 Å². The number of rotatable bonds is 1. The third-order valence-corrected chi connectivity index (χ3v) is 17.9. The van der Waals surface area contributed by atoms with Crippen LogP contribution >= 0.6 is 7.60 Å². The van der Waals surface area contributed by atoms with Gasteiger partial charge in [0.05, 0.1) is 33.1 Å². The van der Waals surface area contributed by atoms with Crippen molar-refractivity contribution in [3.8, 4) is 34.5 Å². The largest absolute Gasteiger partial charge is 0.467 e. The summed E-state index contributed by atoms with van der Waals surface area (Å²) < 4.78 is 69.1. The molecule has 8 aromatic rings. The molecule has 14 rings (SSSR count). The van der Waals surface area contributed by atoms with Crippen LogP contribution in [0.15, 0.2) is 157 Å². The van der Waals surface area contributed by atoms with Crippen LogP contribution < -0.4 is 33.3 Å². The third-order valence-electron chi connectivity index (χ3n) is 16.0. The van der Waals surface area contributed by atoms with Crippen molar-refractivity contribution in [2.24, 2.45) is 0 Å². The minimum Gasteiger partial charge on any atom is -0.467 e. The number of aromatic amines is 4. The van der Waals surface area contributed by atoms with E-state index < -0.39 is 35.4 Å². The highest BCUT2D eigenvalue weighted by molar-refractivity contribution is 7.63. The molecule has 6 aliphatic rings. The van der Waals surface area contributed by atoms with Gasteiger partial charge in [0.15, 0.2) is 6.79 Å². The normalized spacial score (nSPS) is 27.5. The Hall–Kier alpha value is -7.73. The van der Waals surface area contributed by atoms with Crippen LogP contribution in [0.25, 0.3) is 0 Å². The number of hydrogen-bond acceptors (Lipinski definition) is 9. The summed E-state index contributed by atoms with van der Waals surface area (Å²) in [5, 5.41) is 0.355. The summed E-state index contributed by atoms with van der Waals surface area (Å²) in [5.41, 5.74) is 6.97. The van der Waals surface area contributed by atoms with Gasteiger partial charge >= 0.3 is 7.60 Å². The molecule has 71 heavy (non-hydrogen) atoms. The maximum Gasteiger partial charge on any atom is 0.462 e. The van der Waals surface area contributed by atoms with Gasteiger partial charge in [-0.1, -0.05) is 24.3 Å². The van der Waals surface area contributed by atoms with Crippen LogP contribution in [0.5, 0.6) is 34.5 Å². The molecule has 13 nitrogen and oxygen atoms in total. The predicted octanol–water partition coefficient (Wildman–Crippen LogP) is 11.0. The van der Waals surface area contributed by atoms with Crippen molar-refractivity contribution in [2.45, 2.75) is 61.9 Å². The van der Waals surface area contributed by atoms with Gasteiger partial charge in [-0.3, -0.25) is 0 Å². The number of H-pyrrole nitrogens is 4. The van der Waals surface area contributed by atoms with E-state index >= 15 is 4.57 Å². The Labute approximate surface area is 409 Å². The van der Waals surface area contributed by atoms with Crippen molar-refractivity contribution in [2.75, 3.05) is 20.4 Å². The second-order valence-corrected chi connectivity index (χ2v) is 21.8. The van der Waals surface area contributed by atoms with E-state index in [1.807, 2.05) is 54.6 Å². The van der Waals surface area contributed by atoms with E-state index in [9.17, 15) is 0 Å². The average Bonchev–Trinajstić information content (AvgIpc) is 4.23. The van der Waals surface area contributed by atoms with Gasteiger partial charge < -0.3 is 57.4 Å². The first-order chi connectivity index (χ1) is 34.4. The lowest BCUT2D eigenvalue weighted by Crippen LogP contribution is -2.33. The van der Waals surface area contributed by atoms with Gasteiger partial charge in [-0.2, -0.15) is 0 Å². The first-order valence-corrected chi connectivity index (χ1v) is 25.4. The second kappa shape index (κ2) is 14.9. The van der Waals surface area contributed by atoms with Gasteiger partial charge in [0.25, 0.3) is 0 Å². The molecule has 5 aliphatic heterocycles. The molecule has 0 fully saturated rings. The molecule has 4 N–H and O–H groups in total. The number of benzene rings is 4. The maximum absolute atomic E-state index is 16.0. The zero-order chi connectivity index (χ0) is 47.9. The van der Waals surface area contributed by atoms with Gasteiger partial charge in [-0.15, -0.1) is 0 Å². The predicted molar refractivity (Wildman–Crippen MR) is 264 cm³/mol. The molecule has 6 atom stereocenters. The molecule has 9 heterocycles. The fourth-order valence-corrected chi connectivity index (χ4v) is 13.1. The van der Waals surface area contributed by atoms with E-state index in [1.54, 1.807) is 24.3 Å². The lowest BCUT2D eigenvalue weighted by atomic mass is 9.74. The molecule has 0 saturated heterocycles. The molecule has 0 radical (unpaired) electrons. The highest BCUT2D eigenvalue weighted by Gasteiger charge is 2.46.